The van der Waals surface area contributed by atoms with Crippen molar-refractivity contribution in [3.63, 3.8) is 0 Å². The van der Waals surface area contributed by atoms with Gasteiger partial charge in [0.15, 0.2) is 0 Å². The molecule has 1 spiro atoms. The van der Waals surface area contributed by atoms with Gasteiger partial charge in [0.05, 0.1) is 18.7 Å². The van der Waals surface area contributed by atoms with Crippen LogP contribution in [0.25, 0.3) is 0 Å². The molecule has 1 N–H and O–H groups in total. The molecule has 5 rings (SSSR count). The van der Waals surface area contributed by atoms with Crippen LogP contribution in [0, 0.1) is 0 Å². The molecule has 1 aliphatic carbocycles. The number of carbonyl (C=O) groups is 1. The second-order valence-electron chi connectivity index (χ2n) is 7.77. The van der Waals surface area contributed by atoms with Crippen molar-refractivity contribution in [3.8, 4) is 0 Å². The molecular weight excluding hydrogens is 336 g/mol. The number of ether oxygens (including phenoxy) is 1. The molecule has 1 fully saturated rings. The number of carbonyl (C=O) groups excluding carboxylic acids is 1. The van der Waals surface area contributed by atoms with Crippen molar-refractivity contribution in [1.29, 1.82) is 0 Å². The van der Waals surface area contributed by atoms with Crippen molar-refractivity contribution in [2.75, 3.05) is 19.0 Å². The number of nitrogens with one attached hydrogen (secondary N) is 1. The number of nitrogens with zero attached hydrogens (tertiary/aromatic N) is 1. The second-order valence-corrected chi connectivity index (χ2v) is 7.77. The summed E-state index contributed by atoms with van der Waals surface area (Å²) in [7, 11) is 1.47. The minimum absolute atomic E-state index is 0.0122. The third kappa shape index (κ3) is 2.36. The van der Waals surface area contributed by atoms with Gasteiger partial charge >= 0.3 is 5.97 Å². The van der Waals surface area contributed by atoms with Crippen molar-refractivity contribution in [3.05, 3.63) is 77.4 Å². The maximum Gasteiger partial charge on any atom is 0.335 e. The molecule has 0 radical (unpaired) electrons. The van der Waals surface area contributed by atoms with Crippen LogP contribution in [0.2, 0.25) is 0 Å². The SMILES string of the molecule is COC(=O)C1=CC[C@@H]2N(Cc3ccccc3)CC[C@@]23c2ccccc2N[C@@H]13. The quantitative estimate of drug-likeness (QED) is 0.851. The fourth-order valence-electron chi connectivity index (χ4n) is 5.48. The van der Waals surface area contributed by atoms with E-state index in [9.17, 15) is 4.79 Å². The van der Waals surface area contributed by atoms with Crippen LogP contribution in [-0.4, -0.2) is 36.6 Å². The second kappa shape index (κ2) is 6.24. The Bertz CT molecular complexity index is 908. The lowest BCUT2D eigenvalue weighted by Gasteiger charge is -2.43. The first-order chi connectivity index (χ1) is 13.2. The van der Waals surface area contributed by atoms with Crippen molar-refractivity contribution in [2.45, 2.75) is 36.9 Å². The fourth-order valence-corrected chi connectivity index (χ4v) is 5.48. The first kappa shape index (κ1) is 16.6. The normalized spacial score (nSPS) is 28.6. The lowest BCUT2D eigenvalue weighted by atomic mass is 9.65. The highest BCUT2D eigenvalue weighted by atomic mass is 16.5. The van der Waals surface area contributed by atoms with Crippen molar-refractivity contribution >= 4 is 11.7 Å². The first-order valence-electron chi connectivity index (χ1n) is 9.66. The van der Waals surface area contributed by atoms with E-state index in [1.807, 2.05) is 0 Å². The molecule has 0 saturated carbocycles. The highest BCUT2D eigenvalue weighted by Crippen LogP contribution is 2.55. The topological polar surface area (TPSA) is 41.6 Å². The Morgan fingerprint density at radius 2 is 1.96 bits per heavy atom. The highest BCUT2D eigenvalue weighted by molar-refractivity contribution is 5.92. The molecule has 1 saturated heterocycles. The van der Waals surface area contributed by atoms with Gasteiger partial charge in [-0.15, -0.1) is 0 Å². The molecule has 0 unspecified atom stereocenters. The largest absolute Gasteiger partial charge is 0.466 e. The third-order valence-corrected chi connectivity index (χ3v) is 6.61. The lowest BCUT2D eigenvalue weighted by molar-refractivity contribution is -0.136. The van der Waals surface area contributed by atoms with Crippen LogP contribution in [0.15, 0.2) is 66.2 Å². The molecule has 3 atom stereocenters. The monoisotopic (exact) mass is 360 g/mol. The molecule has 2 aromatic carbocycles. The molecule has 0 aromatic heterocycles. The average Bonchev–Trinajstić information content (AvgIpc) is 3.25. The van der Waals surface area contributed by atoms with Gasteiger partial charge in [0, 0.05) is 23.7 Å². The van der Waals surface area contributed by atoms with Crippen LogP contribution in [0.4, 0.5) is 5.69 Å². The molecule has 27 heavy (non-hydrogen) atoms. The molecule has 2 aliphatic heterocycles. The summed E-state index contributed by atoms with van der Waals surface area (Å²) < 4.78 is 5.10. The van der Waals surface area contributed by atoms with Gasteiger partial charge in [-0.1, -0.05) is 54.6 Å². The van der Waals surface area contributed by atoms with E-state index in [1.54, 1.807) is 0 Å². The molecule has 4 nitrogen and oxygen atoms in total. The number of esters is 1. The van der Waals surface area contributed by atoms with Crippen molar-refractivity contribution in [2.24, 2.45) is 0 Å². The molecule has 0 bridgehead atoms. The first-order valence-corrected chi connectivity index (χ1v) is 9.66. The molecule has 4 heteroatoms. The fraction of sp³-hybridized carbons (Fsp3) is 0.348. The Labute approximate surface area is 159 Å². The van der Waals surface area contributed by atoms with Gasteiger partial charge in [0.1, 0.15) is 0 Å². The highest BCUT2D eigenvalue weighted by Gasteiger charge is 2.60. The molecule has 2 heterocycles. The van der Waals surface area contributed by atoms with Crippen LogP contribution in [-0.2, 0) is 21.5 Å². The Balaban J connectivity index is 1.57. The Hall–Kier alpha value is -2.59. The molecular formula is C23H24N2O2. The zero-order chi connectivity index (χ0) is 18.4. The van der Waals surface area contributed by atoms with Gasteiger partial charge < -0.3 is 10.1 Å². The average molecular weight is 360 g/mol. The number of benzene rings is 2. The Kier molecular flexibility index (Phi) is 3.83. The minimum atomic E-state index is -0.209. The number of rotatable bonds is 3. The summed E-state index contributed by atoms with van der Waals surface area (Å²) in [4.78, 5) is 15.1. The summed E-state index contributed by atoms with van der Waals surface area (Å²) in [6, 6.07) is 19.6. The Morgan fingerprint density at radius 1 is 1.19 bits per heavy atom. The van der Waals surface area contributed by atoms with Gasteiger partial charge in [-0.05, 0) is 36.6 Å². The van der Waals surface area contributed by atoms with Crippen LogP contribution in [0.5, 0.6) is 0 Å². The van der Waals surface area contributed by atoms with Crippen LogP contribution in [0.1, 0.15) is 24.0 Å². The van der Waals surface area contributed by atoms with Gasteiger partial charge in [0.25, 0.3) is 0 Å². The summed E-state index contributed by atoms with van der Waals surface area (Å²) >= 11 is 0. The maximum absolute atomic E-state index is 12.5. The van der Waals surface area contributed by atoms with Crippen molar-refractivity contribution in [1.82, 2.24) is 4.90 Å². The van der Waals surface area contributed by atoms with E-state index in [1.165, 1.54) is 18.2 Å². The summed E-state index contributed by atoms with van der Waals surface area (Å²) in [5.41, 5.74) is 4.57. The van der Waals surface area contributed by atoms with E-state index in [0.29, 0.717) is 6.04 Å². The number of likely N-dealkylation sites (tertiary alicyclic amines) is 1. The molecule has 138 valence electrons. The number of para-hydroxylation sites is 1. The number of anilines is 1. The van der Waals surface area contributed by atoms with E-state index >= 15 is 0 Å². The van der Waals surface area contributed by atoms with E-state index in [0.717, 1.165) is 37.2 Å². The predicted molar refractivity (Wildman–Crippen MR) is 106 cm³/mol. The smallest absolute Gasteiger partial charge is 0.335 e. The summed E-state index contributed by atoms with van der Waals surface area (Å²) in [5, 5.41) is 3.65. The number of hydrogen-bond acceptors (Lipinski definition) is 4. The standard InChI is InChI=1S/C23H24N2O2/c1-27-22(26)17-11-12-20-23(18-9-5-6-10-19(18)24-21(17)23)13-14-25(20)15-16-7-3-2-4-8-16/h2-11,20-21,24H,12-15H2,1H3/t20-,21-,23+/m0/s1. The number of hydrogen-bond donors (Lipinski definition) is 1. The van der Waals surface area contributed by atoms with Gasteiger partial charge in [0.2, 0.25) is 0 Å². The molecule has 3 aliphatic rings. The summed E-state index contributed by atoms with van der Waals surface area (Å²) in [6.07, 6.45) is 4.03. The zero-order valence-electron chi connectivity index (χ0n) is 15.5. The van der Waals surface area contributed by atoms with E-state index in [4.69, 9.17) is 4.74 Å². The number of methoxy groups -OCH3 is 1. The van der Waals surface area contributed by atoms with Crippen LogP contribution < -0.4 is 5.32 Å². The van der Waals surface area contributed by atoms with Crippen molar-refractivity contribution < 1.29 is 9.53 Å². The van der Waals surface area contributed by atoms with Crippen LogP contribution in [0.3, 0.4) is 0 Å². The Morgan fingerprint density at radius 3 is 2.78 bits per heavy atom. The number of fused-ring (bicyclic) bond motifs is 1. The third-order valence-electron chi connectivity index (χ3n) is 6.61. The predicted octanol–water partition coefficient (Wildman–Crippen LogP) is 3.50. The molecule has 0 amide bonds. The van der Waals surface area contributed by atoms with Crippen LogP contribution >= 0.6 is 0 Å². The van der Waals surface area contributed by atoms with Gasteiger partial charge in [-0.25, -0.2) is 4.79 Å². The summed E-state index contributed by atoms with van der Waals surface area (Å²) in [6.45, 7) is 1.98. The lowest BCUT2D eigenvalue weighted by Crippen LogP contribution is -2.53. The zero-order valence-corrected chi connectivity index (χ0v) is 15.5. The van der Waals surface area contributed by atoms with E-state index in [-0.39, 0.29) is 17.4 Å². The maximum atomic E-state index is 12.5. The van der Waals surface area contributed by atoms with E-state index in [2.05, 4.69) is 70.9 Å². The summed E-state index contributed by atoms with van der Waals surface area (Å²) in [5.74, 6) is -0.209. The van der Waals surface area contributed by atoms with Gasteiger partial charge in [-0.3, -0.25) is 4.90 Å². The van der Waals surface area contributed by atoms with E-state index < -0.39 is 0 Å². The van der Waals surface area contributed by atoms with Gasteiger partial charge in [-0.2, -0.15) is 0 Å². The molecule has 2 aromatic rings. The minimum Gasteiger partial charge on any atom is -0.466 e.